The van der Waals surface area contributed by atoms with Crippen LogP contribution in [-0.2, 0) is 36.2 Å². The molecule has 0 aliphatic heterocycles. The summed E-state index contributed by atoms with van der Waals surface area (Å²) in [4.78, 5) is 0.601. The van der Waals surface area contributed by atoms with Crippen LogP contribution in [0.5, 0.6) is 0 Å². The maximum absolute atomic E-state index is 12.5. The second-order valence-electron chi connectivity index (χ2n) is 5.44. The van der Waals surface area contributed by atoms with Crippen LogP contribution in [0, 0.1) is 0 Å². The summed E-state index contributed by atoms with van der Waals surface area (Å²) in [5, 5.41) is 4.84. The van der Waals surface area contributed by atoms with Crippen molar-refractivity contribution in [3.63, 3.8) is 0 Å². The van der Waals surface area contributed by atoms with E-state index >= 15 is 0 Å². The fourth-order valence-electron chi connectivity index (χ4n) is 2.12. The van der Waals surface area contributed by atoms with Gasteiger partial charge in [0.25, 0.3) is 0 Å². The van der Waals surface area contributed by atoms with Crippen molar-refractivity contribution in [2.45, 2.75) is 27.0 Å². The second-order valence-corrected chi connectivity index (χ2v) is 12.6. The number of sulfonamides is 1. The molecule has 0 radical (unpaired) electrons. The highest BCUT2D eigenvalue weighted by Crippen LogP contribution is 2.28. The lowest BCUT2D eigenvalue weighted by Crippen LogP contribution is -2.19. The Morgan fingerprint density at radius 1 is 0.808 bits per heavy atom. The topological polar surface area (TPSA) is 154 Å². The second kappa shape index (κ2) is 7.74. The van der Waals surface area contributed by atoms with Gasteiger partial charge in [-0.1, -0.05) is 0 Å². The van der Waals surface area contributed by atoms with Crippen molar-refractivity contribution in [2.24, 2.45) is 10.9 Å². The molecule has 144 valence electrons. The number of hydrogen-bond donors (Lipinski definition) is 2. The first-order chi connectivity index (χ1) is 12.0. The van der Waals surface area contributed by atoms with Gasteiger partial charge in [0.1, 0.15) is 4.21 Å². The minimum absolute atomic E-state index is 0.0357. The molecule has 0 aliphatic carbocycles. The molecule has 26 heavy (non-hydrogen) atoms. The van der Waals surface area contributed by atoms with Crippen molar-refractivity contribution in [1.29, 1.82) is 0 Å². The molecule has 0 unspecified atom stereocenters. The van der Waals surface area contributed by atoms with Crippen molar-refractivity contribution >= 4 is 41.0 Å². The van der Waals surface area contributed by atoms with Crippen LogP contribution in [0.4, 0.5) is 0 Å². The molecule has 0 amide bonds. The summed E-state index contributed by atoms with van der Waals surface area (Å²) < 4.78 is 71.4. The Morgan fingerprint density at radius 3 is 1.88 bits per heavy atom. The summed E-state index contributed by atoms with van der Waals surface area (Å²) in [5.41, 5.74) is 5.48. The van der Waals surface area contributed by atoms with Crippen molar-refractivity contribution in [3.8, 4) is 0 Å². The first-order valence-electron chi connectivity index (χ1n) is 7.33. The van der Waals surface area contributed by atoms with E-state index < -0.39 is 41.2 Å². The van der Waals surface area contributed by atoms with Gasteiger partial charge in [-0.05, 0) is 42.8 Å². The Bertz CT molecular complexity index is 1080. The van der Waals surface area contributed by atoms with Crippen molar-refractivity contribution in [1.82, 2.24) is 0 Å². The molecule has 0 bridgehead atoms. The van der Waals surface area contributed by atoms with Gasteiger partial charge in [-0.15, -0.1) is 11.3 Å². The number of benzene rings is 1. The fourth-order valence-corrected chi connectivity index (χ4v) is 6.80. The van der Waals surface area contributed by atoms with Crippen molar-refractivity contribution in [3.05, 3.63) is 41.3 Å². The van der Waals surface area contributed by atoms with Crippen LogP contribution < -0.4 is 10.9 Å². The third-order valence-corrected chi connectivity index (χ3v) is 9.48. The summed E-state index contributed by atoms with van der Waals surface area (Å²) in [5.74, 6) is -0.846. The Kier molecular flexibility index (Phi) is 6.25. The zero-order chi connectivity index (χ0) is 19.6. The van der Waals surface area contributed by atoms with Crippen LogP contribution in [-0.4, -0.2) is 36.8 Å². The minimum atomic E-state index is -3.75. The van der Waals surface area contributed by atoms with E-state index in [2.05, 4.69) is 0 Å². The van der Waals surface area contributed by atoms with Gasteiger partial charge in [-0.3, -0.25) is 0 Å². The summed E-state index contributed by atoms with van der Waals surface area (Å²) in [6, 6.07) is 7.89. The van der Waals surface area contributed by atoms with E-state index in [9.17, 15) is 25.3 Å². The average molecular weight is 439 g/mol. The van der Waals surface area contributed by atoms with E-state index in [0.29, 0.717) is 0 Å². The van der Waals surface area contributed by atoms with Gasteiger partial charge in [0, 0.05) is 11.4 Å². The third kappa shape index (κ3) is 5.11. The van der Waals surface area contributed by atoms with E-state index in [0.717, 1.165) is 16.2 Å². The molecule has 2 rings (SSSR count). The zero-order valence-corrected chi connectivity index (χ0v) is 16.8. The lowest BCUT2D eigenvalue weighted by Gasteiger charge is -2.06. The van der Waals surface area contributed by atoms with Gasteiger partial charge in [0.05, 0.1) is 21.3 Å². The fraction of sp³-hybridized carbons (Fsp3) is 0.286. The summed E-state index contributed by atoms with van der Waals surface area (Å²) in [7, 11) is -11.2. The minimum Gasteiger partial charge on any atom is -0.326 e. The lowest BCUT2D eigenvalue weighted by atomic mass is 10.4. The normalized spacial score (nSPS) is 13.0. The molecule has 1 aromatic carbocycles. The van der Waals surface area contributed by atoms with E-state index in [-0.39, 0.29) is 27.0 Å². The van der Waals surface area contributed by atoms with Crippen LogP contribution in [0.25, 0.3) is 0 Å². The highest BCUT2D eigenvalue weighted by molar-refractivity contribution is 7.93. The van der Waals surface area contributed by atoms with Crippen molar-refractivity contribution in [2.75, 3.05) is 11.5 Å². The van der Waals surface area contributed by atoms with Crippen LogP contribution in [0.2, 0.25) is 0 Å². The summed E-state index contributed by atoms with van der Waals surface area (Å²) in [6.07, 6.45) is -0.141. The van der Waals surface area contributed by atoms with Crippen LogP contribution in [0.1, 0.15) is 11.3 Å². The zero-order valence-electron chi connectivity index (χ0n) is 13.5. The van der Waals surface area contributed by atoms with Crippen LogP contribution in [0.15, 0.2) is 50.4 Å². The lowest BCUT2D eigenvalue weighted by molar-refractivity contribution is 0.589. The number of sulfone groups is 2. The predicted octanol–water partition coefficient (Wildman–Crippen LogP) is 0.492. The molecule has 0 aliphatic rings. The van der Waals surface area contributed by atoms with Gasteiger partial charge < -0.3 is 5.73 Å². The molecule has 8 nitrogen and oxygen atoms in total. The molecule has 0 fully saturated rings. The van der Waals surface area contributed by atoms with Gasteiger partial charge in [-0.25, -0.2) is 30.4 Å². The smallest absolute Gasteiger partial charge is 0.215 e. The first-order valence-corrected chi connectivity index (χ1v) is 13.0. The number of hydrogen-bond acceptors (Lipinski definition) is 8. The number of rotatable bonds is 8. The van der Waals surface area contributed by atoms with E-state index in [4.69, 9.17) is 10.9 Å². The highest BCUT2D eigenvalue weighted by Gasteiger charge is 2.22. The summed E-state index contributed by atoms with van der Waals surface area (Å²) >= 11 is 1.06. The number of primary sulfonamides is 1. The molecule has 12 heteroatoms. The van der Waals surface area contributed by atoms with Gasteiger partial charge in [0.15, 0.2) is 9.84 Å². The van der Waals surface area contributed by atoms with Crippen LogP contribution in [0.3, 0.4) is 0 Å². The first kappa shape index (κ1) is 21.0. The molecule has 0 atom stereocenters. The molecule has 1 aromatic heterocycles. The predicted molar refractivity (Wildman–Crippen MR) is 98.7 cm³/mol. The molecule has 0 saturated heterocycles. The highest BCUT2D eigenvalue weighted by atomic mass is 32.2. The Labute approximate surface area is 156 Å². The monoisotopic (exact) mass is 438 g/mol. The Balaban J connectivity index is 2.21. The summed E-state index contributed by atoms with van der Waals surface area (Å²) in [6.45, 7) is 0.232. The maximum Gasteiger partial charge on any atom is 0.215 e. The van der Waals surface area contributed by atoms with E-state index in [1.54, 1.807) is 6.07 Å². The maximum atomic E-state index is 12.5. The van der Waals surface area contributed by atoms with Crippen LogP contribution >= 0.6 is 11.3 Å². The molecular formula is C14H18N2O6S4. The van der Waals surface area contributed by atoms with E-state index in [1.165, 1.54) is 30.3 Å². The standard InChI is InChI=1S/C14H18N2O6S4/c15-10-11-2-7-14(23-11)26(21,22)13-5-3-12(4-6-13)24(17,18)8-1-9-25(16,19)20/h2-7H,1,8-10,15H2,(H2,16,19,20). The molecular weight excluding hydrogens is 420 g/mol. The quantitative estimate of drug-likeness (QED) is 0.608. The van der Waals surface area contributed by atoms with Crippen molar-refractivity contribution < 1.29 is 25.3 Å². The average Bonchev–Trinajstić information content (AvgIpc) is 3.03. The third-order valence-electron chi connectivity index (χ3n) is 3.44. The van der Waals surface area contributed by atoms with Gasteiger partial charge in [0.2, 0.25) is 19.9 Å². The molecule has 0 spiro atoms. The number of nitrogens with two attached hydrogens (primary N) is 2. The van der Waals surface area contributed by atoms with Gasteiger partial charge >= 0.3 is 0 Å². The van der Waals surface area contributed by atoms with Gasteiger partial charge in [-0.2, -0.15) is 0 Å². The van der Waals surface area contributed by atoms with E-state index in [1.807, 2.05) is 0 Å². The SMILES string of the molecule is NCc1ccc(S(=O)(=O)c2ccc(S(=O)(=O)CCCS(N)(=O)=O)cc2)s1. The largest absolute Gasteiger partial charge is 0.326 e. The molecule has 1 heterocycles. The molecule has 0 saturated carbocycles. The Hall–Kier alpha value is -1.31. The number of thiophene rings is 1. The molecule has 4 N–H and O–H groups in total. The molecule has 2 aromatic rings. The Morgan fingerprint density at radius 2 is 1.38 bits per heavy atom.